The van der Waals surface area contributed by atoms with Gasteiger partial charge in [0.05, 0.1) is 11.4 Å². The molecule has 0 radical (unpaired) electrons. The van der Waals surface area contributed by atoms with Crippen LogP contribution in [0.4, 0.5) is 0 Å². The predicted molar refractivity (Wildman–Crippen MR) is 234 cm³/mol. The number of ether oxygens (including phenoxy) is 4. The van der Waals surface area contributed by atoms with Gasteiger partial charge in [0.25, 0.3) is 0 Å². The average Bonchev–Trinajstić information content (AvgIpc) is 3.90. The highest BCUT2D eigenvalue weighted by Crippen LogP contribution is 2.42. The lowest BCUT2D eigenvalue weighted by molar-refractivity contribution is 0.173. The van der Waals surface area contributed by atoms with Crippen molar-refractivity contribution in [3.8, 4) is 56.6 Å². The van der Waals surface area contributed by atoms with Gasteiger partial charge in [-0.25, -0.2) is 0 Å². The van der Waals surface area contributed by atoms with Crippen molar-refractivity contribution in [3.63, 3.8) is 0 Å². The molecule has 9 aromatic rings. The Morgan fingerprint density at radius 3 is 1.63 bits per heavy atom. The van der Waals surface area contributed by atoms with Crippen LogP contribution in [0, 0.1) is 0 Å². The van der Waals surface area contributed by atoms with Crippen LogP contribution in [0.2, 0.25) is 0 Å². The number of rotatable bonds is 10. The van der Waals surface area contributed by atoms with E-state index in [0.29, 0.717) is 6.79 Å². The van der Waals surface area contributed by atoms with Gasteiger partial charge in [-0.2, -0.15) is 0 Å². The maximum atomic E-state index is 5.50. The first-order valence-corrected chi connectivity index (χ1v) is 22.9. The molecular formula is C45H34N6O4S4. The fourth-order valence-electron chi connectivity index (χ4n) is 7.20. The molecule has 0 saturated heterocycles. The van der Waals surface area contributed by atoms with Crippen molar-refractivity contribution in [2.24, 2.45) is 0 Å². The lowest BCUT2D eigenvalue weighted by atomic mass is 10.0. The summed E-state index contributed by atoms with van der Waals surface area (Å²) in [4.78, 5) is 1.83. The molecule has 0 atom stereocenters. The summed E-state index contributed by atoms with van der Waals surface area (Å²) in [6, 6.07) is 40.1. The van der Waals surface area contributed by atoms with Crippen molar-refractivity contribution in [1.82, 2.24) is 29.2 Å². The Morgan fingerprint density at radius 2 is 1.03 bits per heavy atom. The molecule has 2 aliphatic heterocycles. The van der Waals surface area contributed by atoms with Gasteiger partial charge in [-0.3, -0.25) is 8.80 Å². The van der Waals surface area contributed by atoms with Crippen molar-refractivity contribution in [2.45, 2.75) is 40.6 Å². The number of nitrogens with zero attached hydrogens (tertiary/aromatic N) is 6. The van der Waals surface area contributed by atoms with Crippen LogP contribution < -0.4 is 18.9 Å². The van der Waals surface area contributed by atoms with Crippen LogP contribution in [-0.2, 0) is 11.5 Å². The highest BCUT2D eigenvalue weighted by atomic mass is 32.2. The molecule has 10 nitrogen and oxygen atoms in total. The number of benzene rings is 5. The minimum absolute atomic E-state index is 0.289. The quantitative estimate of drug-likeness (QED) is 0.124. The van der Waals surface area contributed by atoms with Crippen LogP contribution in [0.15, 0.2) is 136 Å². The lowest BCUT2D eigenvalue weighted by Gasteiger charge is -2.07. The van der Waals surface area contributed by atoms with E-state index in [1.807, 2.05) is 30.3 Å². The molecule has 4 aromatic heterocycles. The number of fused-ring (bicyclic) bond motifs is 4. The minimum Gasteiger partial charge on any atom is -0.454 e. The van der Waals surface area contributed by atoms with Crippen molar-refractivity contribution in [2.75, 3.05) is 13.6 Å². The van der Waals surface area contributed by atoms with Crippen LogP contribution in [0.25, 0.3) is 43.6 Å². The number of aromatic nitrogens is 6. The van der Waals surface area contributed by atoms with Crippen LogP contribution in [0.1, 0.15) is 35.4 Å². The zero-order chi connectivity index (χ0) is 39.1. The molecule has 0 unspecified atom stereocenters. The maximum absolute atomic E-state index is 5.50. The zero-order valence-corrected chi connectivity index (χ0v) is 34.7. The molecule has 14 heteroatoms. The van der Waals surface area contributed by atoms with Gasteiger partial charge in [-0.15, -0.1) is 43.1 Å². The molecule has 1 saturated carbocycles. The van der Waals surface area contributed by atoms with Gasteiger partial charge >= 0.3 is 0 Å². The summed E-state index contributed by atoms with van der Waals surface area (Å²) >= 11 is 6.61. The predicted octanol–water partition coefficient (Wildman–Crippen LogP) is 11.5. The smallest absolute Gasteiger partial charge is 0.231 e. The number of hydrogen-bond donors (Lipinski definition) is 0. The van der Waals surface area contributed by atoms with Gasteiger partial charge in [0.15, 0.2) is 33.3 Å². The highest BCUT2D eigenvalue weighted by molar-refractivity contribution is 7.98. The molecule has 292 valence electrons. The van der Waals surface area contributed by atoms with Crippen molar-refractivity contribution in [3.05, 3.63) is 143 Å². The molecule has 0 spiro atoms. The molecule has 0 amide bonds. The third kappa shape index (κ3) is 7.41. The van der Waals surface area contributed by atoms with Crippen molar-refractivity contribution >= 4 is 56.1 Å². The fraction of sp³-hybridized carbons (Fsp3) is 0.156. The van der Waals surface area contributed by atoms with E-state index in [2.05, 4.69) is 125 Å². The normalized spacial score (nSPS) is 13.9. The second-order valence-electron chi connectivity index (χ2n) is 14.2. The van der Waals surface area contributed by atoms with Crippen molar-refractivity contribution in [1.29, 1.82) is 0 Å². The summed E-state index contributed by atoms with van der Waals surface area (Å²) in [5, 5.41) is 23.8. The molecule has 0 bridgehead atoms. The Hall–Kier alpha value is -5.80. The number of thioether (sulfide) groups is 2. The molecular weight excluding hydrogens is 817 g/mol. The number of thiazole rings is 2. The van der Waals surface area contributed by atoms with Crippen LogP contribution in [-0.4, -0.2) is 42.8 Å². The Kier molecular flexibility index (Phi) is 9.69. The third-order valence-corrected chi connectivity index (χ3v) is 14.0. The van der Waals surface area contributed by atoms with E-state index < -0.39 is 0 Å². The van der Waals surface area contributed by atoms with E-state index >= 15 is 0 Å². The summed E-state index contributed by atoms with van der Waals surface area (Å²) < 4.78 is 26.1. The lowest BCUT2D eigenvalue weighted by Crippen LogP contribution is -1.93. The molecule has 0 N–H and O–H groups in total. The van der Waals surface area contributed by atoms with E-state index in [1.165, 1.54) is 46.4 Å². The summed E-state index contributed by atoms with van der Waals surface area (Å²) in [6.07, 6.45) is 2.62. The molecule has 12 rings (SSSR count). The first kappa shape index (κ1) is 36.3. The molecule has 59 heavy (non-hydrogen) atoms. The molecule has 1 aliphatic carbocycles. The van der Waals surface area contributed by atoms with E-state index in [-0.39, 0.29) is 6.79 Å². The summed E-state index contributed by atoms with van der Waals surface area (Å²) in [5.74, 6) is 5.56. The summed E-state index contributed by atoms with van der Waals surface area (Å²) in [5.41, 5.74) is 10.8. The Bertz CT molecular complexity index is 2960. The van der Waals surface area contributed by atoms with Gasteiger partial charge in [0, 0.05) is 27.8 Å². The van der Waals surface area contributed by atoms with Gasteiger partial charge in [-0.1, -0.05) is 102 Å². The topological polar surface area (TPSA) is 97.3 Å². The van der Waals surface area contributed by atoms with Gasteiger partial charge < -0.3 is 18.9 Å². The average molecular weight is 851 g/mol. The highest BCUT2D eigenvalue weighted by Gasteiger charge is 2.24. The maximum Gasteiger partial charge on any atom is 0.231 e. The molecule has 1 fully saturated rings. The largest absolute Gasteiger partial charge is 0.454 e. The van der Waals surface area contributed by atoms with E-state index in [1.54, 1.807) is 46.2 Å². The summed E-state index contributed by atoms with van der Waals surface area (Å²) in [7, 11) is 0. The number of hydrogen-bond acceptors (Lipinski definition) is 12. The monoisotopic (exact) mass is 850 g/mol. The standard InChI is InChI=1S/C24H17N3O2S2.C21H17N3O2S2/c1-2-5-17(6-3-1)18-7-4-8-19(12-18)20-14-31-24-26-25-23(27(20)24)30-13-16-9-10-21-22(11-16)29-15-28-21;1-2-15(14-5-6-14)9-16(3-1)17-11-28-21-23-22-20(24(17)21)27-10-13-4-7-18-19(8-13)26-12-25-18/h1-12,14H,13,15H2;1-4,7-9,11,14H,5-6,10,12H2. The summed E-state index contributed by atoms with van der Waals surface area (Å²) in [6.45, 7) is 0.589. The SMILES string of the molecule is c1cc(-c2csc3nnc(SCc4ccc5c(c4)OCO5)n23)cc(C2CC2)c1.c1ccc(-c2cccc(-c3csc4nnc(SCc5ccc6c(c5)OCO6)n34)c2)cc1. The third-order valence-electron chi connectivity index (χ3n) is 10.3. The van der Waals surface area contributed by atoms with Crippen LogP contribution >= 0.6 is 46.2 Å². The van der Waals surface area contributed by atoms with E-state index in [9.17, 15) is 0 Å². The molecule has 6 heterocycles. The van der Waals surface area contributed by atoms with Gasteiger partial charge in [0.1, 0.15) is 0 Å². The second kappa shape index (κ2) is 15.8. The van der Waals surface area contributed by atoms with Gasteiger partial charge in [0.2, 0.25) is 23.5 Å². The zero-order valence-electron chi connectivity index (χ0n) is 31.4. The van der Waals surface area contributed by atoms with E-state index in [0.717, 1.165) is 77.5 Å². The Labute approximate surface area is 355 Å². The van der Waals surface area contributed by atoms with Crippen LogP contribution in [0.3, 0.4) is 0 Å². The molecule has 3 aliphatic rings. The fourth-order valence-corrected chi connectivity index (χ4v) is 10.8. The first-order chi connectivity index (χ1) is 29.2. The van der Waals surface area contributed by atoms with Crippen LogP contribution in [0.5, 0.6) is 23.0 Å². The van der Waals surface area contributed by atoms with Crippen molar-refractivity contribution < 1.29 is 18.9 Å². The second-order valence-corrected chi connectivity index (χ2v) is 17.8. The first-order valence-electron chi connectivity index (χ1n) is 19.1. The van der Waals surface area contributed by atoms with Gasteiger partial charge in [-0.05, 0) is 88.5 Å². The molecule has 5 aromatic carbocycles. The van der Waals surface area contributed by atoms with E-state index in [4.69, 9.17) is 18.9 Å². The Morgan fingerprint density at radius 1 is 0.508 bits per heavy atom. The minimum atomic E-state index is 0.289. The Balaban J connectivity index is 0.000000135.